The van der Waals surface area contributed by atoms with E-state index in [2.05, 4.69) is 20.6 Å². The zero-order valence-corrected chi connectivity index (χ0v) is 16.7. The fourth-order valence-electron chi connectivity index (χ4n) is 6.85. The van der Waals surface area contributed by atoms with Gasteiger partial charge in [-0.2, -0.15) is 0 Å². The molecule has 5 aliphatic carbocycles. The van der Waals surface area contributed by atoms with Crippen LogP contribution in [0.2, 0.25) is 0 Å². The smallest absolute Gasteiger partial charge is 0.254 e. The number of nitrogens with one attached hydrogen (secondary N) is 2. The molecule has 4 bridgehead atoms. The third-order valence-corrected chi connectivity index (χ3v) is 8.12. The summed E-state index contributed by atoms with van der Waals surface area (Å²) in [5.41, 5.74) is 0.0284. The van der Waals surface area contributed by atoms with E-state index in [0.29, 0.717) is 41.8 Å². The van der Waals surface area contributed by atoms with E-state index in [1.54, 1.807) is 12.4 Å². The summed E-state index contributed by atoms with van der Waals surface area (Å²) in [5.74, 6) is 3.24. The highest BCUT2D eigenvalue weighted by Gasteiger charge is 2.55. The second kappa shape index (κ2) is 6.64. The van der Waals surface area contributed by atoms with E-state index in [4.69, 9.17) is 4.74 Å². The third kappa shape index (κ3) is 3.32. The van der Waals surface area contributed by atoms with Gasteiger partial charge in [0.15, 0.2) is 0 Å². The number of anilines is 1. The van der Waals surface area contributed by atoms with Crippen LogP contribution in [0.4, 0.5) is 5.95 Å². The van der Waals surface area contributed by atoms with E-state index < -0.39 is 5.60 Å². The van der Waals surface area contributed by atoms with Gasteiger partial charge in [-0.15, -0.1) is 0 Å². The topological polar surface area (TPSA) is 96.4 Å². The number of nitrogens with zero attached hydrogens (tertiary/aromatic N) is 2. The summed E-state index contributed by atoms with van der Waals surface area (Å²) >= 11 is 0. The molecule has 7 rings (SSSR count). The Morgan fingerprint density at radius 1 is 1.07 bits per heavy atom. The SMILES string of the molecule is O=C(N[C@H]1C2CC3CC1C[C@@](O)(C3)C2)c1cnc(N[C@@H]2COCC2C2CC2)nc1. The third-order valence-electron chi connectivity index (χ3n) is 8.12. The molecule has 7 heteroatoms. The number of hydrogen-bond donors (Lipinski definition) is 3. The number of carbonyl (C=O) groups excluding carboxylic acids is 1. The lowest BCUT2D eigenvalue weighted by molar-refractivity contribution is -0.136. The van der Waals surface area contributed by atoms with Crippen molar-refractivity contribution < 1.29 is 14.6 Å². The number of hydrogen-bond acceptors (Lipinski definition) is 6. The van der Waals surface area contributed by atoms with Crippen molar-refractivity contribution in [2.45, 2.75) is 62.6 Å². The van der Waals surface area contributed by atoms with Crippen LogP contribution in [0.15, 0.2) is 12.4 Å². The molecule has 0 spiro atoms. The van der Waals surface area contributed by atoms with Crippen LogP contribution in [-0.2, 0) is 4.74 Å². The van der Waals surface area contributed by atoms with Crippen LogP contribution < -0.4 is 10.6 Å². The van der Waals surface area contributed by atoms with E-state index in [1.807, 2.05) is 0 Å². The number of amides is 1. The first kappa shape index (κ1) is 18.1. The second-order valence-electron chi connectivity index (χ2n) is 10.3. The Bertz CT molecular complexity index is 780. The number of rotatable bonds is 5. The predicted molar refractivity (Wildman–Crippen MR) is 106 cm³/mol. The van der Waals surface area contributed by atoms with E-state index >= 15 is 0 Å². The molecule has 6 fully saturated rings. The van der Waals surface area contributed by atoms with Crippen LogP contribution in [0.3, 0.4) is 0 Å². The Kier molecular flexibility index (Phi) is 4.14. The van der Waals surface area contributed by atoms with Crippen molar-refractivity contribution in [3.05, 3.63) is 18.0 Å². The van der Waals surface area contributed by atoms with Crippen LogP contribution in [-0.4, -0.2) is 51.9 Å². The van der Waals surface area contributed by atoms with Gasteiger partial charge in [0.05, 0.1) is 30.4 Å². The van der Waals surface area contributed by atoms with Gasteiger partial charge in [-0.25, -0.2) is 9.97 Å². The minimum Gasteiger partial charge on any atom is -0.390 e. The first-order chi connectivity index (χ1) is 14.1. The van der Waals surface area contributed by atoms with Crippen LogP contribution in [0, 0.1) is 29.6 Å². The normalized spacial score (nSPS) is 42.8. The monoisotopic (exact) mass is 398 g/mol. The lowest BCUT2D eigenvalue weighted by Gasteiger charge is -2.58. The Balaban J connectivity index is 1.09. The van der Waals surface area contributed by atoms with Crippen molar-refractivity contribution in [1.82, 2.24) is 15.3 Å². The average Bonchev–Trinajstić information content (AvgIpc) is 3.43. The van der Waals surface area contributed by atoms with Crippen LogP contribution in [0.5, 0.6) is 0 Å². The Hall–Kier alpha value is -1.73. The molecule has 0 aromatic carbocycles. The number of ether oxygens (including phenoxy) is 1. The molecular formula is C22H30N4O3. The fourth-order valence-corrected chi connectivity index (χ4v) is 6.85. The summed E-state index contributed by atoms with van der Waals surface area (Å²) < 4.78 is 5.64. The van der Waals surface area contributed by atoms with Crippen LogP contribution >= 0.6 is 0 Å². The summed E-state index contributed by atoms with van der Waals surface area (Å²) in [4.78, 5) is 21.6. The molecule has 156 valence electrons. The molecule has 3 unspecified atom stereocenters. The van der Waals surface area contributed by atoms with Gasteiger partial charge in [0, 0.05) is 24.4 Å². The molecule has 1 aliphatic heterocycles. The average molecular weight is 399 g/mol. The minimum atomic E-state index is -0.476. The van der Waals surface area contributed by atoms with E-state index in [0.717, 1.165) is 44.6 Å². The van der Waals surface area contributed by atoms with Gasteiger partial charge in [0.1, 0.15) is 0 Å². The van der Waals surface area contributed by atoms with Gasteiger partial charge >= 0.3 is 0 Å². The van der Waals surface area contributed by atoms with E-state index in [-0.39, 0.29) is 18.0 Å². The summed E-state index contributed by atoms with van der Waals surface area (Å²) in [5, 5.41) is 17.4. The maximum absolute atomic E-state index is 12.8. The molecule has 1 aromatic heterocycles. The molecule has 0 radical (unpaired) electrons. The zero-order valence-electron chi connectivity index (χ0n) is 16.7. The Labute approximate surface area is 171 Å². The quantitative estimate of drug-likeness (QED) is 0.702. The van der Waals surface area contributed by atoms with Gasteiger partial charge in [-0.3, -0.25) is 4.79 Å². The molecule has 3 N–H and O–H groups in total. The van der Waals surface area contributed by atoms with Gasteiger partial charge in [0.2, 0.25) is 5.95 Å². The molecule has 2 heterocycles. The van der Waals surface area contributed by atoms with Gasteiger partial charge < -0.3 is 20.5 Å². The molecule has 1 aromatic rings. The highest BCUT2D eigenvalue weighted by Crippen LogP contribution is 2.55. The fraction of sp³-hybridized carbons (Fsp3) is 0.773. The molecule has 1 saturated heterocycles. The number of aliphatic hydroxyl groups is 1. The second-order valence-corrected chi connectivity index (χ2v) is 10.3. The minimum absolute atomic E-state index is 0.0962. The largest absolute Gasteiger partial charge is 0.390 e. The van der Waals surface area contributed by atoms with Gasteiger partial charge in [-0.1, -0.05) is 0 Å². The van der Waals surface area contributed by atoms with Crippen molar-refractivity contribution in [3.63, 3.8) is 0 Å². The highest BCUT2D eigenvalue weighted by molar-refractivity contribution is 5.93. The number of carbonyl (C=O) groups is 1. The van der Waals surface area contributed by atoms with Gasteiger partial charge in [-0.05, 0) is 68.6 Å². The number of aromatic nitrogens is 2. The van der Waals surface area contributed by atoms with Crippen LogP contribution in [0.1, 0.15) is 55.3 Å². The maximum atomic E-state index is 12.8. The maximum Gasteiger partial charge on any atom is 0.254 e. The molecule has 29 heavy (non-hydrogen) atoms. The Morgan fingerprint density at radius 3 is 2.45 bits per heavy atom. The summed E-state index contributed by atoms with van der Waals surface area (Å²) in [6.07, 6.45) is 10.7. The van der Waals surface area contributed by atoms with Crippen molar-refractivity contribution in [2.24, 2.45) is 29.6 Å². The highest BCUT2D eigenvalue weighted by atomic mass is 16.5. The molecule has 1 amide bonds. The van der Waals surface area contributed by atoms with Crippen LogP contribution in [0.25, 0.3) is 0 Å². The van der Waals surface area contributed by atoms with Crippen molar-refractivity contribution >= 4 is 11.9 Å². The lowest BCUT2D eigenvalue weighted by atomic mass is 9.52. The molecule has 6 aliphatic rings. The van der Waals surface area contributed by atoms with E-state index in [1.165, 1.54) is 12.8 Å². The first-order valence-corrected chi connectivity index (χ1v) is 11.3. The first-order valence-electron chi connectivity index (χ1n) is 11.3. The summed E-state index contributed by atoms with van der Waals surface area (Å²) in [6, 6.07) is 0.438. The molecular weight excluding hydrogens is 368 g/mol. The van der Waals surface area contributed by atoms with Crippen molar-refractivity contribution in [2.75, 3.05) is 18.5 Å². The van der Waals surface area contributed by atoms with Gasteiger partial charge in [0.25, 0.3) is 5.91 Å². The standard InChI is InChI=1S/C22H30N4O3/c27-20(26-19-14-3-12-4-15(19)7-22(28,5-12)6-14)16-8-23-21(24-9-16)25-18-11-29-10-17(18)13-1-2-13/h8-9,12-15,17-19,28H,1-7,10-11H2,(H,26,27)(H,23,24,25)/t12?,14?,15?,17?,18-,19-,22+/m1/s1. The predicted octanol–water partition coefficient (Wildman–Crippen LogP) is 1.98. The summed E-state index contributed by atoms with van der Waals surface area (Å²) in [6.45, 7) is 1.52. The molecule has 4 atom stereocenters. The van der Waals surface area contributed by atoms with E-state index in [9.17, 15) is 9.90 Å². The summed E-state index contributed by atoms with van der Waals surface area (Å²) in [7, 11) is 0. The zero-order chi connectivity index (χ0) is 19.6. The van der Waals surface area contributed by atoms with Crippen molar-refractivity contribution in [1.29, 1.82) is 0 Å². The lowest BCUT2D eigenvalue weighted by Crippen LogP contribution is -2.61. The Morgan fingerprint density at radius 2 is 1.79 bits per heavy atom. The molecule has 5 saturated carbocycles. The van der Waals surface area contributed by atoms with Crippen molar-refractivity contribution in [3.8, 4) is 0 Å². The molecule has 7 nitrogen and oxygen atoms in total.